The predicted octanol–water partition coefficient (Wildman–Crippen LogP) is 3.68. The van der Waals surface area contributed by atoms with Gasteiger partial charge in [0.2, 0.25) is 0 Å². The Balaban J connectivity index is 1.81. The van der Waals surface area contributed by atoms with E-state index in [1.54, 1.807) is 43.5 Å². The normalized spacial score (nSPS) is 11.2. The van der Waals surface area contributed by atoms with Crippen molar-refractivity contribution >= 4 is 29.8 Å². The highest BCUT2D eigenvalue weighted by atomic mass is 16.5. The molecule has 0 radical (unpaired) electrons. The minimum absolute atomic E-state index is 0.0734. The molecule has 7 nitrogen and oxygen atoms in total. The van der Waals surface area contributed by atoms with Crippen molar-refractivity contribution in [2.45, 2.75) is 0 Å². The lowest BCUT2D eigenvalue weighted by Crippen LogP contribution is -2.32. The van der Waals surface area contributed by atoms with E-state index in [2.05, 4.69) is 15.8 Å². The van der Waals surface area contributed by atoms with Gasteiger partial charge in [0.15, 0.2) is 0 Å². The number of ether oxygens (including phenoxy) is 1. The van der Waals surface area contributed by atoms with E-state index < -0.39 is 11.8 Å². The summed E-state index contributed by atoms with van der Waals surface area (Å²) in [6.07, 6.45) is 3.11. The lowest BCUT2D eigenvalue weighted by atomic mass is 10.1. The van der Waals surface area contributed by atoms with Gasteiger partial charge >= 0.3 is 0 Å². The Morgan fingerprint density at radius 3 is 2.30 bits per heavy atom. The summed E-state index contributed by atoms with van der Waals surface area (Å²) in [5, 5.41) is 6.71. The number of nitrogens with one attached hydrogen (secondary N) is 2. The fourth-order valence-corrected chi connectivity index (χ4v) is 2.93. The van der Waals surface area contributed by atoms with Crippen molar-refractivity contribution in [1.29, 1.82) is 0 Å². The van der Waals surface area contributed by atoms with Crippen LogP contribution in [0.2, 0.25) is 0 Å². The molecule has 3 rings (SSSR count). The monoisotopic (exact) mass is 442 g/mol. The smallest absolute Gasteiger partial charge is 0.287 e. The third kappa shape index (κ3) is 6.80. The summed E-state index contributed by atoms with van der Waals surface area (Å²) in [5.41, 5.74) is 5.53. The molecule has 0 saturated heterocycles. The largest absolute Gasteiger partial charge is 0.497 e. The summed E-state index contributed by atoms with van der Waals surface area (Å²) in [4.78, 5) is 27.5. The van der Waals surface area contributed by atoms with Crippen molar-refractivity contribution in [2.24, 2.45) is 5.10 Å². The summed E-state index contributed by atoms with van der Waals surface area (Å²) < 4.78 is 5.19. The number of anilines is 1. The molecule has 0 unspecified atom stereocenters. The second-order valence-electron chi connectivity index (χ2n) is 7.34. The fraction of sp³-hybridized carbons (Fsp3) is 0.115. The highest BCUT2D eigenvalue weighted by Gasteiger charge is 2.14. The lowest BCUT2D eigenvalue weighted by molar-refractivity contribution is -0.117. The molecule has 2 N–H and O–H groups in total. The molecule has 0 fully saturated rings. The van der Waals surface area contributed by atoms with Gasteiger partial charge < -0.3 is 15.0 Å². The Kier molecular flexibility index (Phi) is 7.96. The highest BCUT2D eigenvalue weighted by molar-refractivity contribution is 6.05. The molecule has 0 aliphatic rings. The van der Waals surface area contributed by atoms with Gasteiger partial charge in [-0.2, -0.15) is 5.10 Å². The second-order valence-corrected chi connectivity index (χ2v) is 7.34. The summed E-state index contributed by atoms with van der Waals surface area (Å²) >= 11 is 0. The third-order valence-electron chi connectivity index (χ3n) is 4.72. The van der Waals surface area contributed by atoms with Crippen LogP contribution in [-0.4, -0.2) is 39.2 Å². The van der Waals surface area contributed by atoms with Crippen molar-refractivity contribution in [1.82, 2.24) is 10.7 Å². The fourth-order valence-electron chi connectivity index (χ4n) is 2.93. The van der Waals surface area contributed by atoms with E-state index in [0.29, 0.717) is 11.3 Å². The van der Waals surface area contributed by atoms with E-state index in [1.165, 1.54) is 6.21 Å². The second kappa shape index (κ2) is 11.3. The van der Waals surface area contributed by atoms with Crippen molar-refractivity contribution in [2.75, 3.05) is 26.1 Å². The quantitative estimate of drug-likeness (QED) is 0.317. The maximum atomic E-state index is 12.9. The molecule has 2 amide bonds. The van der Waals surface area contributed by atoms with Crippen LogP contribution in [0.4, 0.5) is 5.69 Å². The molecule has 0 spiro atoms. The number of methoxy groups -OCH3 is 1. The number of hydrazone groups is 1. The van der Waals surface area contributed by atoms with Crippen LogP contribution in [0.3, 0.4) is 0 Å². The summed E-state index contributed by atoms with van der Waals surface area (Å²) in [7, 11) is 5.48. The van der Waals surface area contributed by atoms with Gasteiger partial charge in [0.05, 0.1) is 13.3 Å². The summed E-state index contributed by atoms with van der Waals surface area (Å²) in [6, 6.07) is 23.6. The van der Waals surface area contributed by atoms with E-state index in [9.17, 15) is 9.59 Å². The number of hydrogen-bond acceptors (Lipinski definition) is 5. The first-order valence-corrected chi connectivity index (χ1v) is 10.3. The molecule has 0 aliphatic heterocycles. The number of hydrogen-bond donors (Lipinski definition) is 2. The van der Waals surface area contributed by atoms with Gasteiger partial charge in [-0.25, -0.2) is 5.43 Å². The average Bonchev–Trinajstić information content (AvgIpc) is 2.84. The van der Waals surface area contributed by atoms with Crippen LogP contribution in [0, 0.1) is 0 Å². The Bertz CT molecular complexity index is 1150. The number of amides is 2. The third-order valence-corrected chi connectivity index (χ3v) is 4.72. The molecule has 0 aromatic heterocycles. The molecule has 0 bridgehead atoms. The average molecular weight is 443 g/mol. The van der Waals surface area contributed by atoms with Crippen LogP contribution in [0.15, 0.2) is 89.7 Å². The van der Waals surface area contributed by atoms with Gasteiger partial charge in [-0.1, -0.05) is 42.5 Å². The molecule has 0 saturated carbocycles. The van der Waals surface area contributed by atoms with Gasteiger partial charge in [0, 0.05) is 25.3 Å². The Labute approximate surface area is 193 Å². The van der Waals surface area contributed by atoms with E-state index in [4.69, 9.17) is 4.74 Å². The highest BCUT2D eigenvalue weighted by Crippen LogP contribution is 2.15. The van der Waals surface area contributed by atoms with Gasteiger partial charge in [0.1, 0.15) is 11.4 Å². The Hall–Kier alpha value is -4.39. The van der Waals surface area contributed by atoms with Crippen LogP contribution in [0.1, 0.15) is 21.5 Å². The molecule has 0 atom stereocenters. The molecule has 0 heterocycles. The first-order chi connectivity index (χ1) is 16.0. The van der Waals surface area contributed by atoms with Crippen molar-refractivity contribution in [3.05, 3.63) is 101 Å². The van der Waals surface area contributed by atoms with Gasteiger partial charge in [-0.15, -0.1) is 0 Å². The minimum Gasteiger partial charge on any atom is -0.497 e. The molecular formula is C26H26N4O3. The van der Waals surface area contributed by atoms with Crippen molar-refractivity contribution < 1.29 is 14.3 Å². The maximum Gasteiger partial charge on any atom is 0.287 e. The number of carbonyl (C=O) groups is 2. The van der Waals surface area contributed by atoms with Gasteiger partial charge in [-0.05, 0) is 53.6 Å². The van der Waals surface area contributed by atoms with E-state index in [1.807, 2.05) is 67.5 Å². The lowest BCUT2D eigenvalue weighted by Gasteiger charge is -2.12. The van der Waals surface area contributed by atoms with Crippen molar-refractivity contribution in [3.63, 3.8) is 0 Å². The van der Waals surface area contributed by atoms with Gasteiger partial charge in [-0.3, -0.25) is 9.59 Å². The molecule has 33 heavy (non-hydrogen) atoms. The standard InChI is InChI=1S/C26H26N4O3/c1-30(2)22-14-12-19(13-15-22)17-24(28-25(31)21-9-5-4-6-10-21)26(32)29-27-18-20-8-7-11-23(16-20)33-3/h4-18H,1-3H3,(H,28,31)(H,29,32)/b24-17+,27-18?. The van der Waals surface area contributed by atoms with Crippen LogP contribution in [0.5, 0.6) is 5.75 Å². The Morgan fingerprint density at radius 2 is 1.64 bits per heavy atom. The molecule has 0 aliphatic carbocycles. The number of benzene rings is 3. The molecular weight excluding hydrogens is 416 g/mol. The molecule has 7 heteroatoms. The molecule has 168 valence electrons. The number of carbonyl (C=O) groups excluding carboxylic acids is 2. The van der Waals surface area contributed by atoms with Crippen LogP contribution < -0.4 is 20.4 Å². The van der Waals surface area contributed by atoms with Crippen LogP contribution in [0.25, 0.3) is 6.08 Å². The predicted molar refractivity (Wildman–Crippen MR) is 131 cm³/mol. The van der Waals surface area contributed by atoms with Crippen molar-refractivity contribution in [3.8, 4) is 5.75 Å². The summed E-state index contributed by atoms with van der Waals surface area (Å²) in [5.74, 6) is -0.254. The van der Waals surface area contributed by atoms with E-state index in [-0.39, 0.29) is 5.70 Å². The zero-order valence-electron chi connectivity index (χ0n) is 18.8. The van der Waals surface area contributed by atoms with Crippen LogP contribution >= 0.6 is 0 Å². The first-order valence-electron chi connectivity index (χ1n) is 10.3. The zero-order chi connectivity index (χ0) is 23.6. The van der Waals surface area contributed by atoms with E-state index in [0.717, 1.165) is 16.8 Å². The molecule has 3 aromatic carbocycles. The maximum absolute atomic E-state index is 12.9. The first kappa shape index (κ1) is 23.3. The minimum atomic E-state index is -0.546. The van der Waals surface area contributed by atoms with Crippen LogP contribution in [-0.2, 0) is 4.79 Å². The summed E-state index contributed by atoms with van der Waals surface area (Å²) in [6.45, 7) is 0. The number of rotatable bonds is 8. The zero-order valence-corrected chi connectivity index (χ0v) is 18.8. The molecule has 3 aromatic rings. The Morgan fingerprint density at radius 1 is 0.909 bits per heavy atom. The SMILES string of the molecule is COc1cccc(C=NNC(=O)/C(=C\c2ccc(N(C)C)cc2)NC(=O)c2ccccc2)c1. The number of nitrogens with zero attached hydrogens (tertiary/aromatic N) is 2. The van der Waals surface area contributed by atoms with E-state index >= 15 is 0 Å². The topological polar surface area (TPSA) is 83.0 Å². The van der Waals surface area contributed by atoms with Gasteiger partial charge in [0.25, 0.3) is 11.8 Å².